The lowest BCUT2D eigenvalue weighted by molar-refractivity contribution is 0.359. The third-order valence-electron chi connectivity index (χ3n) is 5.12. The second-order valence-electron chi connectivity index (χ2n) is 6.80. The Balaban J connectivity index is 1.55. The fourth-order valence-corrected chi connectivity index (χ4v) is 4.01. The minimum absolute atomic E-state index is 0.514. The van der Waals surface area contributed by atoms with E-state index >= 15 is 0 Å². The van der Waals surface area contributed by atoms with E-state index < -0.39 is 0 Å². The topological polar surface area (TPSA) is 44.3 Å². The van der Waals surface area contributed by atoms with Crippen LogP contribution in [0.3, 0.4) is 0 Å². The van der Waals surface area contributed by atoms with Crippen molar-refractivity contribution in [3.05, 3.63) is 24.5 Å². The Bertz CT molecular complexity index is 710. The number of anilines is 2. The van der Waals surface area contributed by atoms with Crippen LogP contribution >= 0.6 is 11.9 Å². The van der Waals surface area contributed by atoms with Crippen LogP contribution in [0, 0.1) is 0 Å². The van der Waals surface area contributed by atoms with E-state index in [4.69, 9.17) is 0 Å². The van der Waals surface area contributed by atoms with Crippen LogP contribution in [0.15, 0.2) is 24.5 Å². The van der Waals surface area contributed by atoms with Gasteiger partial charge in [0.2, 0.25) is 0 Å². The molecule has 2 aromatic rings. The summed E-state index contributed by atoms with van der Waals surface area (Å²) in [5.74, 6) is 2.06. The molecule has 24 heavy (non-hydrogen) atoms. The third-order valence-corrected chi connectivity index (χ3v) is 6.00. The maximum absolute atomic E-state index is 4.64. The van der Waals surface area contributed by atoms with E-state index in [0.29, 0.717) is 12.1 Å². The van der Waals surface area contributed by atoms with Crippen LogP contribution in [-0.4, -0.2) is 52.7 Å². The lowest BCUT2D eigenvalue weighted by Gasteiger charge is -2.30. The van der Waals surface area contributed by atoms with E-state index in [-0.39, 0.29) is 0 Å². The maximum Gasteiger partial charge on any atom is 0.136 e. The molecule has 1 aliphatic heterocycles. The van der Waals surface area contributed by atoms with Gasteiger partial charge in [0, 0.05) is 55.4 Å². The van der Waals surface area contributed by atoms with Gasteiger partial charge in [-0.15, -0.1) is 0 Å². The molecule has 4 rings (SSSR count). The van der Waals surface area contributed by atoms with Gasteiger partial charge in [-0.3, -0.25) is 4.31 Å². The molecule has 1 aliphatic carbocycles. The van der Waals surface area contributed by atoms with Crippen LogP contribution in [0.2, 0.25) is 0 Å². The van der Waals surface area contributed by atoms with E-state index in [1.54, 1.807) is 0 Å². The van der Waals surface area contributed by atoms with Crippen LogP contribution in [0.5, 0.6) is 0 Å². The highest BCUT2D eigenvalue weighted by atomic mass is 32.2. The summed E-state index contributed by atoms with van der Waals surface area (Å²) in [5.41, 5.74) is 0. The number of piperidine rings is 1. The highest BCUT2D eigenvalue weighted by Crippen LogP contribution is 2.33. The first-order chi connectivity index (χ1) is 11.7. The molecular weight excluding hydrogens is 318 g/mol. The molecule has 2 aromatic heterocycles. The highest BCUT2D eigenvalue weighted by molar-refractivity contribution is 7.96. The first-order valence-corrected chi connectivity index (χ1v) is 9.96. The van der Waals surface area contributed by atoms with Crippen molar-refractivity contribution >= 4 is 34.4 Å². The van der Waals surface area contributed by atoms with Gasteiger partial charge < -0.3 is 10.2 Å². The predicted molar refractivity (Wildman–Crippen MR) is 103 cm³/mol. The van der Waals surface area contributed by atoms with Crippen LogP contribution < -0.4 is 10.2 Å². The lowest BCUT2D eigenvalue weighted by Crippen LogP contribution is -2.35. The number of fused-ring (bicyclic) bond motifs is 1. The van der Waals surface area contributed by atoms with Gasteiger partial charge in [-0.2, -0.15) is 0 Å². The van der Waals surface area contributed by atoms with Gasteiger partial charge in [0.25, 0.3) is 0 Å². The molecule has 0 amide bonds. The molecule has 0 radical (unpaired) electrons. The minimum Gasteiger partial charge on any atom is -0.367 e. The largest absolute Gasteiger partial charge is 0.367 e. The Kier molecular flexibility index (Phi) is 4.50. The molecule has 2 aliphatic rings. The molecule has 6 heteroatoms. The first-order valence-electron chi connectivity index (χ1n) is 8.78. The van der Waals surface area contributed by atoms with E-state index in [2.05, 4.69) is 43.9 Å². The maximum atomic E-state index is 4.64. The second kappa shape index (κ2) is 6.76. The van der Waals surface area contributed by atoms with Crippen molar-refractivity contribution in [1.82, 2.24) is 14.3 Å². The summed E-state index contributed by atoms with van der Waals surface area (Å²) in [6.07, 6.45) is 10.9. The van der Waals surface area contributed by atoms with E-state index in [9.17, 15) is 0 Å². The van der Waals surface area contributed by atoms with Crippen molar-refractivity contribution in [2.24, 2.45) is 0 Å². The van der Waals surface area contributed by atoms with Crippen molar-refractivity contribution in [2.75, 3.05) is 36.6 Å². The molecule has 1 N–H and O–H groups in total. The van der Waals surface area contributed by atoms with Gasteiger partial charge in [-0.25, -0.2) is 9.97 Å². The van der Waals surface area contributed by atoms with E-state index in [1.165, 1.54) is 31.1 Å². The average Bonchev–Trinajstić information content (AvgIpc) is 3.46. The standard InChI is InChI=1S/C18H25N5S/c1-22(15-3-4-15)18-16-11-17(20-12-13(16)5-8-19-18)21-14-6-9-23(24-2)10-7-14/h5,8,11-12,14-15H,3-4,6-7,9-10H2,1-2H3,(H,20,21). The number of nitrogens with zero attached hydrogens (tertiary/aromatic N) is 4. The molecule has 1 saturated carbocycles. The monoisotopic (exact) mass is 343 g/mol. The summed E-state index contributed by atoms with van der Waals surface area (Å²) in [6.45, 7) is 2.28. The van der Waals surface area contributed by atoms with Crippen molar-refractivity contribution in [3.63, 3.8) is 0 Å². The molecule has 0 spiro atoms. The average molecular weight is 344 g/mol. The smallest absolute Gasteiger partial charge is 0.136 e. The highest BCUT2D eigenvalue weighted by Gasteiger charge is 2.28. The Morgan fingerprint density at radius 1 is 1.21 bits per heavy atom. The fraction of sp³-hybridized carbons (Fsp3) is 0.556. The predicted octanol–water partition coefficient (Wildman–Crippen LogP) is 3.38. The second-order valence-corrected chi connectivity index (χ2v) is 7.68. The van der Waals surface area contributed by atoms with Crippen LogP contribution in [0.25, 0.3) is 10.8 Å². The lowest BCUT2D eigenvalue weighted by atomic mass is 10.1. The molecule has 0 unspecified atom stereocenters. The number of aromatic nitrogens is 2. The normalized spacial score (nSPS) is 19.6. The molecule has 2 fully saturated rings. The number of rotatable bonds is 5. The fourth-order valence-electron chi connectivity index (χ4n) is 3.44. The Labute approximate surface area is 148 Å². The Hall–Kier alpha value is -1.53. The summed E-state index contributed by atoms with van der Waals surface area (Å²) in [4.78, 5) is 11.6. The van der Waals surface area contributed by atoms with Gasteiger partial charge in [0.05, 0.1) is 0 Å². The number of pyridine rings is 2. The van der Waals surface area contributed by atoms with Crippen molar-refractivity contribution < 1.29 is 0 Å². The molecule has 1 saturated heterocycles. The Morgan fingerprint density at radius 3 is 2.71 bits per heavy atom. The summed E-state index contributed by atoms with van der Waals surface area (Å²) in [5, 5.41) is 6.00. The molecule has 128 valence electrons. The van der Waals surface area contributed by atoms with Crippen molar-refractivity contribution in [1.29, 1.82) is 0 Å². The van der Waals surface area contributed by atoms with Crippen LogP contribution in [-0.2, 0) is 0 Å². The minimum atomic E-state index is 0.514. The van der Waals surface area contributed by atoms with Gasteiger partial charge in [-0.1, -0.05) is 11.9 Å². The number of hydrogen-bond acceptors (Lipinski definition) is 6. The molecule has 0 bridgehead atoms. The van der Waals surface area contributed by atoms with Gasteiger partial charge >= 0.3 is 0 Å². The molecule has 0 atom stereocenters. The third kappa shape index (κ3) is 3.30. The van der Waals surface area contributed by atoms with E-state index in [0.717, 1.165) is 30.1 Å². The van der Waals surface area contributed by atoms with Crippen molar-refractivity contribution in [2.45, 2.75) is 37.8 Å². The number of nitrogens with one attached hydrogen (secondary N) is 1. The first kappa shape index (κ1) is 16.0. The zero-order valence-corrected chi connectivity index (χ0v) is 15.2. The SMILES string of the molecule is CSN1CCC(Nc2cc3c(N(C)C4CC4)nccc3cn2)CC1. The summed E-state index contributed by atoms with van der Waals surface area (Å²) in [7, 11) is 2.16. The van der Waals surface area contributed by atoms with Crippen LogP contribution in [0.1, 0.15) is 25.7 Å². The van der Waals surface area contributed by atoms with Crippen molar-refractivity contribution in [3.8, 4) is 0 Å². The quantitative estimate of drug-likeness (QED) is 0.840. The Morgan fingerprint density at radius 2 is 2.00 bits per heavy atom. The van der Waals surface area contributed by atoms with Gasteiger partial charge in [-0.05, 0) is 44.1 Å². The summed E-state index contributed by atoms with van der Waals surface area (Å²) < 4.78 is 2.43. The molecule has 5 nitrogen and oxygen atoms in total. The zero-order chi connectivity index (χ0) is 16.5. The molecule has 3 heterocycles. The van der Waals surface area contributed by atoms with Gasteiger partial charge in [0.1, 0.15) is 11.6 Å². The summed E-state index contributed by atoms with van der Waals surface area (Å²) >= 11 is 1.85. The van der Waals surface area contributed by atoms with Gasteiger partial charge in [0.15, 0.2) is 0 Å². The summed E-state index contributed by atoms with van der Waals surface area (Å²) in [6, 6.07) is 5.40. The molecular formula is C18H25N5S. The zero-order valence-electron chi connectivity index (χ0n) is 14.4. The molecule has 0 aromatic carbocycles. The van der Waals surface area contributed by atoms with Crippen LogP contribution in [0.4, 0.5) is 11.6 Å². The number of hydrogen-bond donors (Lipinski definition) is 1. The van der Waals surface area contributed by atoms with E-state index in [1.807, 2.05) is 30.4 Å².